The van der Waals surface area contributed by atoms with Gasteiger partial charge >= 0.3 is 0 Å². The van der Waals surface area contributed by atoms with Crippen molar-refractivity contribution in [2.45, 2.75) is 13.5 Å². The molecule has 0 bridgehead atoms. The van der Waals surface area contributed by atoms with Crippen LogP contribution in [0.5, 0.6) is 5.75 Å². The number of hydrogen-bond acceptors (Lipinski definition) is 4. The topological polar surface area (TPSA) is 65.1 Å². The maximum Gasteiger partial charge on any atom is 0.127 e. The van der Waals surface area contributed by atoms with E-state index in [1.54, 1.807) is 6.20 Å². The van der Waals surface area contributed by atoms with Gasteiger partial charge in [-0.05, 0) is 13.0 Å². The molecule has 2 rings (SSSR count). The summed E-state index contributed by atoms with van der Waals surface area (Å²) >= 11 is 0. The van der Waals surface area contributed by atoms with Crippen LogP contribution in [-0.2, 0) is 13.6 Å². The van der Waals surface area contributed by atoms with Crippen LogP contribution in [0.1, 0.15) is 12.7 Å². The molecule has 0 aliphatic carbocycles. The van der Waals surface area contributed by atoms with Crippen LogP contribution in [-0.4, -0.2) is 16.2 Å². The molecule has 5 heteroatoms. The van der Waals surface area contributed by atoms with E-state index in [1.165, 1.54) is 0 Å². The van der Waals surface area contributed by atoms with Gasteiger partial charge in [-0.15, -0.1) is 0 Å². The lowest BCUT2D eigenvalue weighted by Gasteiger charge is -2.10. The summed E-state index contributed by atoms with van der Waals surface area (Å²) in [6.45, 7) is 3.23. The van der Waals surface area contributed by atoms with Gasteiger partial charge in [-0.25, -0.2) is 4.98 Å². The first-order valence-electron chi connectivity index (χ1n) is 5.92. The normalized spacial score (nSPS) is 10.3. The van der Waals surface area contributed by atoms with E-state index in [4.69, 9.17) is 10.5 Å². The lowest BCUT2D eigenvalue weighted by atomic mass is 10.2. The molecule has 0 radical (unpaired) electrons. The zero-order valence-corrected chi connectivity index (χ0v) is 10.7. The maximum atomic E-state index is 5.83. The summed E-state index contributed by atoms with van der Waals surface area (Å²) in [5, 5.41) is 3.28. The molecule has 1 heterocycles. The third-order valence-corrected chi connectivity index (χ3v) is 2.61. The number of rotatable bonds is 5. The van der Waals surface area contributed by atoms with Crippen LogP contribution in [0.2, 0.25) is 0 Å². The quantitative estimate of drug-likeness (QED) is 0.792. The first-order valence-corrected chi connectivity index (χ1v) is 5.92. The molecule has 1 aromatic carbocycles. The predicted octanol–water partition coefficient (Wildman–Crippen LogP) is 2.01. The molecule has 0 atom stereocenters. The number of imidazole rings is 1. The molecule has 0 saturated heterocycles. The van der Waals surface area contributed by atoms with Crippen molar-refractivity contribution in [1.29, 1.82) is 0 Å². The van der Waals surface area contributed by atoms with Crippen molar-refractivity contribution in [3.8, 4) is 5.75 Å². The molecular formula is C13H18N4O. The number of aryl methyl sites for hydroxylation is 1. The molecule has 5 nitrogen and oxygen atoms in total. The third-order valence-electron chi connectivity index (χ3n) is 2.61. The Morgan fingerprint density at radius 2 is 2.22 bits per heavy atom. The second kappa shape index (κ2) is 5.44. The molecule has 0 unspecified atom stereocenters. The van der Waals surface area contributed by atoms with Crippen molar-refractivity contribution < 1.29 is 4.74 Å². The maximum absolute atomic E-state index is 5.83. The zero-order chi connectivity index (χ0) is 13.0. The van der Waals surface area contributed by atoms with Gasteiger partial charge in [0.25, 0.3) is 0 Å². The Balaban J connectivity index is 2.07. The summed E-state index contributed by atoms with van der Waals surface area (Å²) in [4.78, 5) is 4.25. The Labute approximate surface area is 107 Å². The van der Waals surface area contributed by atoms with Crippen molar-refractivity contribution in [2.24, 2.45) is 7.05 Å². The highest BCUT2D eigenvalue weighted by Gasteiger charge is 2.02. The van der Waals surface area contributed by atoms with Gasteiger partial charge in [0.1, 0.15) is 11.6 Å². The monoisotopic (exact) mass is 246 g/mol. The minimum atomic E-state index is 0.627. The number of benzene rings is 1. The Morgan fingerprint density at radius 3 is 2.89 bits per heavy atom. The smallest absolute Gasteiger partial charge is 0.127 e. The summed E-state index contributed by atoms with van der Waals surface area (Å²) in [6.07, 6.45) is 3.70. The Morgan fingerprint density at radius 1 is 1.39 bits per heavy atom. The molecule has 96 valence electrons. The van der Waals surface area contributed by atoms with E-state index < -0.39 is 0 Å². The van der Waals surface area contributed by atoms with Crippen molar-refractivity contribution >= 4 is 11.4 Å². The van der Waals surface area contributed by atoms with Crippen LogP contribution >= 0.6 is 0 Å². The van der Waals surface area contributed by atoms with E-state index in [0.29, 0.717) is 18.8 Å². The molecule has 1 aromatic heterocycles. The highest BCUT2D eigenvalue weighted by Crippen LogP contribution is 2.22. The minimum absolute atomic E-state index is 0.627. The fourth-order valence-corrected chi connectivity index (χ4v) is 1.72. The number of anilines is 2. The summed E-state index contributed by atoms with van der Waals surface area (Å²) in [7, 11) is 1.97. The van der Waals surface area contributed by atoms with Gasteiger partial charge in [0.05, 0.1) is 13.2 Å². The molecule has 2 aromatic rings. The van der Waals surface area contributed by atoms with Crippen LogP contribution in [0, 0.1) is 0 Å². The van der Waals surface area contributed by atoms with Crippen LogP contribution in [0.4, 0.5) is 11.4 Å². The summed E-state index contributed by atoms with van der Waals surface area (Å²) < 4.78 is 7.42. The van der Waals surface area contributed by atoms with Crippen LogP contribution < -0.4 is 15.8 Å². The fourth-order valence-electron chi connectivity index (χ4n) is 1.72. The van der Waals surface area contributed by atoms with E-state index in [0.717, 1.165) is 17.3 Å². The van der Waals surface area contributed by atoms with Gasteiger partial charge < -0.3 is 20.4 Å². The zero-order valence-electron chi connectivity index (χ0n) is 10.7. The van der Waals surface area contributed by atoms with Crippen molar-refractivity contribution in [3.63, 3.8) is 0 Å². The van der Waals surface area contributed by atoms with E-state index in [-0.39, 0.29) is 0 Å². The van der Waals surface area contributed by atoms with Gasteiger partial charge in [-0.1, -0.05) is 0 Å². The molecule has 0 fully saturated rings. The largest absolute Gasteiger partial charge is 0.494 e. The molecule has 3 N–H and O–H groups in total. The van der Waals surface area contributed by atoms with Crippen molar-refractivity contribution in [3.05, 3.63) is 36.4 Å². The fraction of sp³-hybridized carbons (Fsp3) is 0.308. The summed E-state index contributed by atoms with van der Waals surface area (Å²) in [5.41, 5.74) is 7.44. The molecular weight excluding hydrogens is 228 g/mol. The molecule has 0 aliphatic rings. The second-order valence-electron chi connectivity index (χ2n) is 4.03. The number of nitrogens with one attached hydrogen (secondary N) is 1. The first kappa shape index (κ1) is 12.3. The third kappa shape index (κ3) is 2.94. The Hall–Kier alpha value is -2.17. The van der Waals surface area contributed by atoms with Crippen LogP contribution in [0.25, 0.3) is 0 Å². The number of nitrogen functional groups attached to an aromatic ring is 1. The number of hydrogen-bond donors (Lipinski definition) is 2. The van der Waals surface area contributed by atoms with E-state index in [1.807, 2.05) is 42.9 Å². The highest BCUT2D eigenvalue weighted by atomic mass is 16.5. The van der Waals surface area contributed by atoms with Gasteiger partial charge in [-0.3, -0.25) is 0 Å². The molecule has 0 saturated carbocycles. The van der Waals surface area contributed by atoms with Crippen molar-refractivity contribution in [1.82, 2.24) is 9.55 Å². The van der Waals surface area contributed by atoms with E-state index in [2.05, 4.69) is 10.3 Å². The lowest BCUT2D eigenvalue weighted by Crippen LogP contribution is -2.06. The van der Waals surface area contributed by atoms with Crippen LogP contribution in [0.3, 0.4) is 0 Å². The Kier molecular flexibility index (Phi) is 3.72. The van der Waals surface area contributed by atoms with Gasteiger partial charge in [0.2, 0.25) is 0 Å². The lowest BCUT2D eigenvalue weighted by molar-refractivity contribution is 0.340. The predicted molar refractivity (Wildman–Crippen MR) is 72.6 cm³/mol. The van der Waals surface area contributed by atoms with Gasteiger partial charge in [0, 0.05) is 42.9 Å². The first-order chi connectivity index (χ1) is 8.69. The SMILES string of the molecule is CCOc1cc(N)cc(NCc2nccn2C)c1. The van der Waals surface area contributed by atoms with E-state index >= 15 is 0 Å². The van der Waals surface area contributed by atoms with Gasteiger partial charge in [0.15, 0.2) is 0 Å². The summed E-state index contributed by atoms with van der Waals surface area (Å²) in [6, 6.07) is 5.63. The molecule has 0 amide bonds. The molecule has 18 heavy (non-hydrogen) atoms. The molecule has 0 spiro atoms. The minimum Gasteiger partial charge on any atom is -0.494 e. The standard InChI is InChI=1S/C13H18N4O/c1-3-18-12-7-10(14)6-11(8-12)16-9-13-15-4-5-17(13)2/h4-8,16H,3,9,14H2,1-2H3. The second-order valence-corrected chi connectivity index (χ2v) is 4.03. The number of ether oxygens (including phenoxy) is 1. The average molecular weight is 246 g/mol. The number of aromatic nitrogens is 2. The molecule has 0 aliphatic heterocycles. The van der Waals surface area contributed by atoms with Crippen molar-refractivity contribution in [2.75, 3.05) is 17.7 Å². The number of nitrogens with zero attached hydrogens (tertiary/aromatic N) is 2. The van der Waals surface area contributed by atoms with E-state index in [9.17, 15) is 0 Å². The summed E-state index contributed by atoms with van der Waals surface area (Å²) in [5.74, 6) is 1.75. The average Bonchev–Trinajstić information content (AvgIpc) is 2.72. The Bertz CT molecular complexity index is 521. The van der Waals surface area contributed by atoms with Crippen LogP contribution in [0.15, 0.2) is 30.6 Å². The number of nitrogens with two attached hydrogens (primary N) is 1. The highest BCUT2D eigenvalue weighted by molar-refractivity contribution is 5.59. The van der Waals surface area contributed by atoms with Gasteiger partial charge in [-0.2, -0.15) is 0 Å².